The number of hydrogen-bond donors (Lipinski definition) is 0. The summed E-state index contributed by atoms with van der Waals surface area (Å²) in [6.45, 7) is 1.20. The molecule has 1 fully saturated rings. The molecule has 0 aliphatic carbocycles. The molecule has 1 atom stereocenters. The van der Waals surface area contributed by atoms with Gasteiger partial charge in [-0.15, -0.1) is 0 Å². The van der Waals surface area contributed by atoms with Crippen LogP contribution < -0.4 is 15.9 Å². The van der Waals surface area contributed by atoms with Gasteiger partial charge in [-0.3, -0.25) is 4.90 Å². The predicted molar refractivity (Wildman–Crippen MR) is 110 cm³/mol. The molecule has 4 rings (SSSR count). The molecule has 0 aromatic heterocycles. The minimum atomic E-state index is -0.529. The van der Waals surface area contributed by atoms with Crippen molar-refractivity contribution < 1.29 is 0 Å². The monoisotopic (exact) mass is 345 g/mol. The molecule has 2 heteroatoms. The van der Waals surface area contributed by atoms with Gasteiger partial charge in [-0.1, -0.05) is 84.9 Å². The SMILES string of the molecule is CN1CCCC1c1ccccc1P(c1ccccc1)c1ccccc1. The molecular weight excluding hydrogens is 321 g/mol. The second kappa shape index (κ2) is 7.52. The van der Waals surface area contributed by atoms with E-state index in [1.165, 1.54) is 40.9 Å². The molecule has 1 aliphatic rings. The maximum Gasteiger partial charge on any atom is 0.0352 e. The first kappa shape index (κ1) is 16.5. The van der Waals surface area contributed by atoms with Gasteiger partial charge in [0.1, 0.15) is 0 Å². The molecule has 3 aromatic carbocycles. The van der Waals surface area contributed by atoms with E-state index in [2.05, 4.69) is 96.9 Å². The quantitative estimate of drug-likeness (QED) is 0.640. The zero-order valence-electron chi connectivity index (χ0n) is 14.7. The van der Waals surface area contributed by atoms with Crippen LogP contribution in [0.25, 0.3) is 0 Å². The van der Waals surface area contributed by atoms with Gasteiger partial charge in [0.2, 0.25) is 0 Å². The summed E-state index contributed by atoms with van der Waals surface area (Å²) in [7, 11) is 1.74. The van der Waals surface area contributed by atoms with Crippen LogP contribution in [0.4, 0.5) is 0 Å². The number of nitrogens with zero attached hydrogens (tertiary/aromatic N) is 1. The lowest BCUT2D eigenvalue weighted by Crippen LogP contribution is -2.27. The molecule has 25 heavy (non-hydrogen) atoms. The van der Waals surface area contributed by atoms with Gasteiger partial charge in [0.15, 0.2) is 0 Å². The predicted octanol–water partition coefficient (Wildman–Crippen LogP) is 4.21. The molecule has 0 saturated carbocycles. The maximum atomic E-state index is 2.52. The Morgan fingerprint density at radius 1 is 0.760 bits per heavy atom. The highest BCUT2D eigenvalue weighted by molar-refractivity contribution is 7.79. The van der Waals surface area contributed by atoms with Gasteiger partial charge >= 0.3 is 0 Å². The van der Waals surface area contributed by atoms with Crippen molar-refractivity contribution in [2.75, 3.05) is 13.6 Å². The highest BCUT2D eigenvalue weighted by atomic mass is 31.1. The Morgan fingerprint density at radius 2 is 1.32 bits per heavy atom. The van der Waals surface area contributed by atoms with E-state index >= 15 is 0 Å². The molecule has 0 N–H and O–H groups in total. The van der Waals surface area contributed by atoms with Crippen molar-refractivity contribution in [2.45, 2.75) is 18.9 Å². The first-order valence-corrected chi connectivity index (χ1v) is 10.4. The van der Waals surface area contributed by atoms with E-state index in [0.717, 1.165) is 0 Å². The summed E-state index contributed by atoms with van der Waals surface area (Å²) in [5.74, 6) is 0. The minimum absolute atomic E-state index is 0.529. The Bertz CT molecular complexity index is 776. The Morgan fingerprint density at radius 3 is 1.88 bits per heavy atom. The summed E-state index contributed by atoms with van der Waals surface area (Å²) in [5, 5.41) is 4.36. The van der Waals surface area contributed by atoms with Crippen LogP contribution in [0.1, 0.15) is 24.4 Å². The van der Waals surface area contributed by atoms with Crippen LogP contribution in [0.15, 0.2) is 84.9 Å². The molecule has 126 valence electrons. The molecule has 1 aliphatic heterocycles. The molecule has 0 bridgehead atoms. The second-order valence-corrected chi connectivity index (χ2v) is 8.89. The number of likely N-dealkylation sites (tertiary alicyclic amines) is 1. The smallest absolute Gasteiger partial charge is 0.0352 e. The largest absolute Gasteiger partial charge is 0.299 e. The fraction of sp³-hybridized carbons (Fsp3) is 0.217. The Labute approximate surface area is 152 Å². The van der Waals surface area contributed by atoms with Gasteiger partial charge < -0.3 is 0 Å². The Hall–Kier alpha value is -1.95. The average Bonchev–Trinajstić information content (AvgIpc) is 3.10. The molecule has 0 radical (unpaired) electrons. The van der Waals surface area contributed by atoms with E-state index < -0.39 is 7.92 Å². The van der Waals surface area contributed by atoms with E-state index in [-0.39, 0.29) is 0 Å². The number of hydrogen-bond acceptors (Lipinski definition) is 1. The van der Waals surface area contributed by atoms with Crippen molar-refractivity contribution in [1.29, 1.82) is 0 Å². The lowest BCUT2D eigenvalue weighted by atomic mass is 10.0. The van der Waals surface area contributed by atoms with Crippen LogP contribution in [-0.4, -0.2) is 18.5 Å². The van der Waals surface area contributed by atoms with Crippen LogP contribution in [0.5, 0.6) is 0 Å². The van der Waals surface area contributed by atoms with E-state index in [0.29, 0.717) is 6.04 Å². The Kier molecular flexibility index (Phi) is 4.97. The van der Waals surface area contributed by atoms with Crippen molar-refractivity contribution in [3.05, 3.63) is 90.5 Å². The van der Waals surface area contributed by atoms with Crippen LogP contribution in [-0.2, 0) is 0 Å². The summed E-state index contributed by atoms with van der Waals surface area (Å²) in [4.78, 5) is 2.52. The standard InChI is InChI=1S/C23H24NP/c1-24-18-10-16-22(24)21-15-8-9-17-23(21)25(19-11-4-2-5-12-19)20-13-6-3-7-14-20/h2-9,11-15,17,22H,10,16,18H2,1H3. The van der Waals surface area contributed by atoms with E-state index in [4.69, 9.17) is 0 Å². The molecule has 1 unspecified atom stereocenters. The van der Waals surface area contributed by atoms with Crippen LogP contribution in [0.2, 0.25) is 0 Å². The highest BCUT2D eigenvalue weighted by Crippen LogP contribution is 2.38. The topological polar surface area (TPSA) is 3.24 Å². The zero-order valence-corrected chi connectivity index (χ0v) is 15.6. The van der Waals surface area contributed by atoms with Gasteiger partial charge in [0.25, 0.3) is 0 Å². The Balaban J connectivity index is 1.86. The fourth-order valence-corrected chi connectivity index (χ4v) is 6.37. The summed E-state index contributed by atoms with van der Waals surface area (Å²) in [6, 6.07) is 31.7. The zero-order chi connectivity index (χ0) is 17.1. The summed E-state index contributed by atoms with van der Waals surface area (Å²) < 4.78 is 0. The highest BCUT2D eigenvalue weighted by Gasteiger charge is 2.28. The van der Waals surface area contributed by atoms with Crippen molar-refractivity contribution in [1.82, 2.24) is 4.90 Å². The van der Waals surface area contributed by atoms with Crippen LogP contribution in [0, 0.1) is 0 Å². The van der Waals surface area contributed by atoms with Gasteiger partial charge in [-0.05, 0) is 55.8 Å². The molecule has 1 heterocycles. The number of rotatable bonds is 4. The van der Waals surface area contributed by atoms with Gasteiger partial charge in [-0.2, -0.15) is 0 Å². The normalized spacial score (nSPS) is 17.9. The lowest BCUT2D eigenvalue weighted by Gasteiger charge is -2.27. The van der Waals surface area contributed by atoms with Gasteiger partial charge in [-0.25, -0.2) is 0 Å². The summed E-state index contributed by atoms with van der Waals surface area (Å²) >= 11 is 0. The minimum Gasteiger partial charge on any atom is -0.299 e. The van der Waals surface area contributed by atoms with Gasteiger partial charge in [0.05, 0.1) is 0 Å². The molecule has 3 aromatic rings. The third-order valence-electron chi connectivity index (χ3n) is 5.09. The van der Waals surface area contributed by atoms with Crippen molar-refractivity contribution in [3.8, 4) is 0 Å². The van der Waals surface area contributed by atoms with Gasteiger partial charge in [0, 0.05) is 6.04 Å². The summed E-state index contributed by atoms with van der Waals surface area (Å²) in [6.07, 6.45) is 2.56. The van der Waals surface area contributed by atoms with Crippen molar-refractivity contribution in [3.63, 3.8) is 0 Å². The van der Waals surface area contributed by atoms with Crippen molar-refractivity contribution >= 4 is 23.8 Å². The van der Waals surface area contributed by atoms with E-state index in [1.54, 1.807) is 0 Å². The first-order valence-electron chi connectivity index (χ1n) is 9.04. The molecule has 1 nitrogen and oxygen atoms in total. The lowest BCUT2D eigenvalue weighted by molar-refractivity contribution is 0.318. The molecule has 1 saturated heterocycles. The molecule has 0 amide bonds. The third-order valence-corrected chi connectivity index (χ3v) is 7.60. The van der Waals surface area contributed by atoms with Crippen LogP contribution in [0.3, 0.4) is 0 Å². The second-order valence-electron chi connectivity index (χ2n) is 6.70. The molecule has 0 spiro atoms. The number of benzene rings is 3. The first-order chi connectivity index (χ1) is 12.3. The fourth-order valence-electron chi connectivity index (χ4n) is 3.86. The average molecular weight is 345 g/mol. The van der Waals surface area contributed by atoms with E-state index in [1.807, 2.05) is 0 Å². The summed E-state index contributed by atoms with van der Waals surface area (Å²) in [5.41, 5.74) is 1.52. The van der Waals surface area contributed by atoms with Crippen LogP contribution >= 0.6 is 7.92 Å². The van der Waals surface area contributed by atoms with E-state index in [9.17, 15) is 0 Å². The maximum absolute atomic E-state index is 2.52. The molecular formula is C23H24NP. The van der Waals surface area contributed by atoms with Crippen molar-refractivity contribution in [2.24, 2.45) is 0 Å². The third kappa shape index (κ3) is 3.40.